The lowest BCUT2D eigenvalue weighted by molar-refractivity contribution is -0.120. The zero-order valence-electron chi connectivity index (χ0n) is 15.0. The van der Waals surface area contributed by atoms with E-state index < -0.39 is 0 Å². The number of aryl methyl sites for hydroxylation is 1. The van der Waals surface area contributed by atoms with E-state index in [0.29, 0.717) is 11.3 Å². The minimum atomic E-state index is -0.176. The Morgan fingerprint density at radius 2 is 1.81 bits per heavy atom. The molecule has 5 nitrogen and oxygen atoms in total. The van der Waals surface area contributed by atoms with Crippen molar-refractivity contribution < 1.29 is 9.59 Å². The SMILES string of the molecule is Cc1ccc(NC(=O)c2ccccc2)cc1NC(=O)C1CCCC(N)C1. The van der Waals surface area contributed by atoms with Gasteiger partial charge in [0.05, 0.1) is 0 Å². The van der Waals surface area contributed by atoms with Crippen LogP contribution in [0.2, 0.25) is 0 Å². The number of nitrogens with two attached hydrogens (primary N) is 1. The zero-order chi connectivity index (χ0) is 18.5. The Morgan fingerprint density at radius 1 is 1.04 bits per heavy atom. The molecule has 0 saturated heterocycles. The topological polar surface area (TPSA) is 84.2 Å². The molecule has 0 heterocycles. The molecule has 3 rings (SSSR count). The van der Waals surface area contributed by atoms with Gasteiger partial charge in [0.1, 0.15) is 0 Å². The highest BCUT2D eigenvalue weighted by Gasteiger charge is 2.25. The van der Waals surface area contributed by atoms with Crippen molar-refractivity contribution in [3.05, 3.63) is 59.7 Å². The highest BCUT2D eigenvalue weighted by molar-refractivity contribution is 6.04. The van der Waals surface area contributed by atoms with E-state index in [-0.39, 0.29) is 23.8 Å². The molecule has 4 N–H and O–H groups in total. The first-order valence-corrected chi connectivity index (χ1v) is 9.06. The largest absolute Gasteiger partial charge is 0.328 e. The fourth-order valence-corrected chi connectivity index (χ4v) is 3.33. The highest BCUT2D eigenvalue weighted by Crippen LogP contribution is 2.26. The summed E-state index contributed by atoms with van der Waals surface area (Å²) in [6, 6.07) is 14.7. The van der Waals surface area contributed by atoms with Crippen molar-refractivity contribution in [1.29, 1.82) is 0 Å². The summed E-state index contributed by atoms with van der Waals surface area (Å²) in [5.41, 5.74) is 8.92. The third-order valence-electron chi connectivity index (χ3n) is 4.87. The molecular weight excluding hydrogens is 326 g/mol. The van der Waals surface area contributed by atoms with Crippen molar-refractivity contribution in [2.45, 2.75) is 38.6 Å². The van der Waals surface area contributed by atoms with Gasteiger partial charge in [-0.05, 0) is 56.0 Å². The monoisotopic (exact) mass is 351 g/mol. The molecule has 0 aromatic heterocycles. The number of carbonyl (C=O) groups is 2. The van der Waals surface area contributed by atoms with Crippen LogP contribution >= 0.6 is 0 Å². The Morgan fingerprint density at radius 3 is 2.54 bits per heavy atom. The minimum Gasteiger partial charge on any atom is -0.328 e. The van der Waals surface area contributed by atoms with Gasteiger partial charge in [-0.1, -0.05) is 30.7 Å². The Bertz CT molecular complexity index is 789. The number of carbonyl (C=O) groups excluding carboxylic acids is 2. The maximum atomic E-state index is 12.6. The van der Waals surface area contributed by atoms with Crippen LogP contribution in [0.4, 0.5) is 11.4 Å². The zero-order valence-corrected chi connectivity index (χ0v) is 15.0. The predicted molar refractivity (Wildman–Crippen MR) is 104 cm³/mol. The molecule has 5 heteroatoms. The molecule has 1 aliphatic rings. The summed E-state index contributed by atoms with van der Waals surface area (Å²) in [6.45, 7) is 1.94. The number of amides is 2. The maximum Gasteiger partial charge on any atom is 0.255 e. The molecule has 0 aliphatic heterocycles. The second-order valence-electron chi connectivity index (χ2n) is 6.96. The van der Waals surface area contributed by atoms with Gasteiger partial charge < -0.3 is 16.4 Å². The second-order valence-corrected chi connectivity index (χ2v) is 6.96. The van der Waals surface area contributed by atoms with Crippen LogP contribution < -0.4 is 16.4 Å². The number of rotatable bonds is 4. The maximum absolute atomic E-state index is 12.6. The Kier molecular flexibility index (Phi) is 5.68. The molecular formula is C21H25N3O2. The second kappa shape index (κ2) is 8.15. The third kappa shape index (κ3) is 4.49. The molecule has 136 valence electrons. The standard InChI is InChI=1S/C21H25N3O2/c1-14-10-11-18(23-20(25)15-6-3-2-4-7-15)13-19(14)24-21(26)16-8-5-9-17(22)12-16/h2-4,6-7,10-11,13,16-17H,5,8-9,12,22H2,1H3,(H,23,25)(H,24,26). The Labute approximate surface area is 154 Å². The minimum absolute atomic E-state index is 0.00906. The molecule has 1 aliphatic carbocycles. The van der Waals surface area contributed by atoms with E-state index in [0.717, 1.165) is 36.9 Å². The molecule has 0 radical (unpaired) electrons. The molecule has 2 aromatic carbocycles. The van der Waals surface area contributed by atoms with Gasteiger partial charge >= 0.3 is 0 Å². The van der Waals surface area contributed by atoms with Crippen molar-refractivity contribution >= 4 is 23.2 Å². The quantitative estimate of drug-likeness (QED) is 0.785. The molecule has 2 atom stereocenters. The van der Waals surface area contributed by atoms with Crippen LogP contribution in [0.1, 0.15) is 41.6 Å². The van der Waals surface area contributed by atoms with Gasteiger partial charge in [-0.3, -0.25) is 9.59 Å². The Balaban J connectivity index is 1.69. The normalized spacial score (nSPS) is 19.6. The van der Waals surface area contributed by atoms with E-state index in [9.17, 15) is 9.59 Å². The predicted octanol–water partition coefficient (Wildman–Crippen LogP) is 3.70. The molecule has 2 aromatic rings. The van der Waals surface area contributed by atoms with Crippen molar-refractivity contribution in [2.75, 3.05) is 10.6 Å². The Hall–Kier alpha value is -2.66. The van der Waals surface area contributed by atoms with Gasteiger partial charge in [0.15, 0.2) is 0 Å². The van der Waals surface area contributed by atoms with Crippen molar-refractivity contribution in [3.63, 3.8) is 0 Å². The van der Waals surface area contributed by atoms with Crippen LogP contribution in [-0.2, 0) is 4.79 Å². The number of nitrogens with one attached hydrogen (secondary N) is 2. The van der Waals surface area contributed by atoms with Crippen LogP contribution in [0.15, 0.2) is 48.5 Å². The van der Waals surface area contributed by atoms with Crippen LogP contribution in [0.3, 0.4) is 0 Å². The van der Waals surface area contributed by atoms with Crippen LogP contribution in [0.5, 0.6) is 0 Å². The summed E-state index contributed by atoms with van der Waals surface area (Å²) in [7, 11) is 0. The van der Waals surface area contributed by atoms with E-state index >= 15 is 0 Å². The summed E-state index contributed by atoms with van der Waals surface area (Å²) in [4.78, 5) is 24.9. The van der Waals surface area contributed by atoms with Gasteiger partial charge in [-0.2, -0.15) is 0 Å². The average molecular weight is 351 g/mol. The van der Waals surface area contributed by atoms with Gasteiger partial charge in [-0.25, -0.2) is 0 Å². The first-order valence-electron chi connectivity index (χ1n) is 9.06. The van der Waals surface area contributed by atoms with Crippen LogP contribution in [0.25, 0.3) is 0 Å². The van der Waals surface area contributed by atoms with E-state index in [1.165, 1.54) is 0 Å². The summed E-state index contributed by atoms with van der Waals surface area (Å²) < 4.78 is 0. The first-order chi connectivity index (χ1) is 12.5. The molecule has 1 fully saturated rings. The fraction of sp³-hybridized carbons (Fsp3) is 0.333. The van der Waals surface area contributed by atoms with E-state index in [2.05, 4.69) is 10.6 Å². The van der Waals surface area contributed by atoms with E-state index in [1.54, 1.807) is 18.2 Å². The first kappa shape index (κ1) is 18.1. The smallest absolute Gasteiger partial charge is 0.255 e. The van der Waals surface area contributed by atoms with Crippen LogP contribution in [0, 0.1) is 12.8 Å². The number of hydrogen-bond donors (Lipinski definition) is 3. The molecule has 0 spiro atoms. The lowest BCUT2D eigenvalue weighted by Crippen LogP contribution is -2.34. The molecule has 1 saturated carbocycles. The molecule has 26 heavy (non-hydrogen) atoms. The van der Waals surface area contributed by atoms with E-state index in [1.807, 2.05) is 37.3 Å². The lowest BCUT2D eigenvalue weighted by Gasteiger charge is -2.26. The van der Waals surface area contributed by atoms with Crippen molar-refractivity contribution in [2.24, 2.45) is 11.7 Å². The number of anilines is 2. The van der Waals surface area contributed by atoms with Gasteiger partial charge in [0, 0.05) is 28.9 Å². The van der Waals surface area contributed by atoms with Gasteiger partial charge in [-0.15, -0.1) is 0 Å². The van der Waals surface area contributed by atoms with Crippen molar-refractivity contribution in [1.82, 2.24) is 0 Å². The number of benzene rings is 2. The average Bonchev–Trinajstić information content (AvgIpc) is 2.65. The molecule has 2 unspecified atom stereocenters. The van der Waals surface area contributed by atoms with Gasteiger partial charge in [0.2, 0.25) is 5.91 Å². The summed E-state index contributed by atoms with van der Waals surface area (Å²) in [5, 5.41) is 5.88. The third-order valence-corrected chi connectivity index (χ3v) is 4.87. The summed E-state index contributed by atoms with van der Waals surface area (Å²) in [6.07, 6.45) is 3.59. The van der Waals surface area contributed by atoms with E-state index in [4.69, 9.17) is 5.73 Å². The number of hydrogen-bond acceptors (Lipinski definition) is 3. The van der Waals surface area contributed by atoms with Gasteiger partial charge in [0.25, 0.3) is 5.91 Å². The van der Waals surface area contributed by atoms with Crippen LogP contribution in [-0.4, -0.2) is 17.9 Å². The summed E-state index contributed by atoms with van der Waals surface area (Å²) >= 11 is 0. The molecule has 2 amide bonds. The highest BCUT2D eigenvalue weighted by atomic mass is 16.2. The fourth-order valence-electron chi connectivity index (χ4n) is 3.33. The van der Waals surface area contributed by atoms with Crippen molar-refractivity contribution in [3.8, 4) is 0 Å². The lowest BCUT2D eigenvalue weighted by atomic mass is 9.85. The molecule has 0 bridgehead atoms. The summed E-state index contributed by atoms with van der Waals surface area (Å²) in [5.74, 6) is -0.208.